The van der Waals surface area contributed by atoms with Gasteiger partial charge in [-0.05, 0) is 18.1 Å². The molecule has 16 heavy (non-hydrogen) atoms. The lowest BCUT2D eigenvalue weighted by atomic mass is 9.94. The van der Waals surface area contributed by atoms with Gasteiger partial charge in [-0.3, -0.25) is 4.79 Å². The van der Waals surface area contributed by atoms with Crippen molar-refractivity contribution in [3.8, 4) is 0 Å². The zero-order chi connectivity index (χ0) is 11.5. The third-order valence-corrected chi connectivity index (χ3v) is 2.98. The fraction of sp³-hybridized carbons (Fsp3) is 0.417. The van der Waals surface area contributed by atoms with Gasteiger partial charge in [0.1, 0.15) is 6.04 Å². The summed E-state index contributed by atoms with van der Waals surface area (Å²) in [6.07, 6.45) is 0. The molecule has 0 amide bonds. The van der Waals surface area contributed by atoms with Gasteiger partial charge >= 0.3 is 5.97 Å². The molecule has 1 aromatic rings. The van der Waals surface area contributed by atoms with Gasteiger partial charge in [-0.2, -0.15) is 0 Å². The highest BCUT2D eigenvalue weighted by molar-refractivity contribution is 5.75. The summed E-state index contributed by atoms with van der Waals surface area (Å²) in [6, 6.07) is 7.20. The lowest BCUT2D eigenvalue weighted by molar-refractivity contribution is -0.140. The molecule has 1 aliphatic heterocycles. The Bertz CT molecular complexity index is 392. The van der Waals surface area contributed by atoms with Crippen LogP contribution in [0, 0.1) is 6.92 Å². The van der Waals surface area contributed by atoms with Crippen LogP contribution in [0.4, 0.5) is 0 Å². The van der Waals surface area contributed by atoms with Gasteiger partial charge < -0.3 is 15.7 Å². The number of aliphatic carboxylic acids is 1. The van der Waals surface area contributed by atoms with E-state index in [1.807, 2.05) is 31.2 Å². The summed E-state index contributed by atoms with van der Waals surface area (Å²) in [7, 11) is 0. The molecule has 1 heterocycles. The van der Waals surface area contributed by atoms with Crippen molar-refractivity contribution in [3.05, 3.63) is 35.4 Å². The van der Waals surface area contributed by atoms with Crippen molar-refractivity contribution < 1.29 is 9.90 Å². The number of aryl methyl sites for hydroxylation is 1. The van der Waals surface area contributed by atoms with Crippen molar-refractivity contribution >= 4 is 5.97 Å². The van der Waals surface area contributed by atoms with Crippen molar-refractivity contribution in [2.75, 3.05) is 13.1 Å². The molecule has 1 aliphatic rings. The maximum atomic E-state index is 11.1. The van der Waals surface area contributed by atoms with Gasteiger partial charge in [0.25, 0.3) is 0 Å². The fourth-order valence-electron chi connectivity index (χ4n) is 2.15. The van der Waals surface area contributed by atoms with E-state index in [9.17, 15) is 4.79 Å². The van der Waals surface area contributed by atoms with Crippen LogP contribution in [0.15, 0.2) is 24.3 Å². The Labute approximate surface area is 94.7 Å². The summed E-state index contributed by atoms with van der Waals surface area (Å²) in [5, 5.41) is 15.5. The predicted octanol–water partition coefficient (Wildman–Crippen LogP) is 0.682. The Morgan fingerprint density at radius 2 is 2.00 bits per heavy atom. The molecule has 4 heteroatoms. The minimum absolute atomic E-state index is 0.146. The minimum Gasteiger partial charge on any atom is -0.480 e. The van der Waals surface area contributed by atoms with E-state index >= 15 is 0 Å². The first-order valence-electron chi connectivity index (χ1n) is 5.45. The van der Waals surface area contributed by atoms with Crippen LogP contribution < -0.4 is 10.6 Å². The first-order chi connectivity index (χ1) is 7.70. The molecule has 86 valence electrons. The lowest BCUT2D eigenvalue weighted by Gasteiger charge is -2.32. The number of carboxylic acids is 1. The number of rotatable bonds is 2. The largest absolute Gasteiger partial charge is 0.480 e. The van der Waals surface area contributed by atoms with E-state index in [-0.39, 0.29) is 6.04 Å². The summed E-state index contributed by atoms with van der Waals surface area (Å²) in [6.45, 7) is 3.49. The van der Waals surface area contributed by atoms with Gasteiger partial charge in [0.2, 0.25) is 0 Å². The van der Waals surface area contributed by atoms with Gasteiger partial charge in [0.05, 0.1) is 6.04 Å². The topological polar surface area (TPSA) is 61.4 Å². The van der Waals surface area contributed by atoms with Crippen molar-refractivity contribution in [1.82, 2.24) is 10.6 Å². The molecule has 0 bridgehead atoms. The number of benzene rings is 1. The highest BCUT2D eigenvalue weighted by atomic mass is 16.4. The molecule has 0 spiro atoms. The average Bonchev–Trinajstić information content (AvgIpc) is 2.29. The molecule has 1 saturated heterocycles. The summed E-state index contributed by atoms with van der Waals surface area (Å²) < 4.78 is 0. The van der Waals surface area contributed by atoms with Crippen LogP contribution >= 0.6 is 0 Å². The molecule has 2 unspecified atom stereocenters. The molecule has 2 atom stereocenters. The normalized spacial score (nSPS) is 25.3. The third kappa shape index (κ3) is 2.08. The SMILES string of the molecule is Cc1ccccc1C1NCCNC1C(=O)O. The third-order valence-electron chi connectivity index (χ3n) is 2.98. The van der Waals surface area contributed by atoms with Crippen molar-refractivity contribution in [2.24, 2.45) is 0 Å². The molecule has 0 aromatic heterocycles. The summed E-state index contributed by atoms with van der Waals surface area (Å²) in [5.74, 6) is -0.805. The number of hydrogen-bond acceptors (Lipinski definition) is 3. The van der Waals surface area contributed by atoms with Gasteiger partial charge in [-0.1, -0.05) is 24.3 Å². The summed E-state index contributed by atoms with van der Waals surface area (Å²) in [4.78, 5) is 11.1. The zero-order valence-electron chi connectivity index (χ0n) is 9.23. The minimum atomic E-state index is -0.805. The van der Waals surface area contributed by atoms with Crippen LogP contribution in [0.3, 0.4) is 0 Å². The smallest absolute Gasteiger partial charge is 0.322 e. The maximum absolute atomic E-state index is 11.1. The van der Waals surface area contributed by atoms with Crippen molar-refractivity contribution in [2.45, 2.75) is 19.0 Å². The molecule has 4 nitrogen and oxygen atoms in total. The van der Waals surface area contributed by atoms with Crippen LogP contribution in [0.5, 0.6) is 0 Å². The average molecular weight is 220 g/mol. The van der Waals surface area contributed by atoms with E-state index in [4.69, 9.17) is 5.11 Å². The quantitative estimate of drug-likeness (QED) is 0.686. The van der Waals surface area contributed by atoms with Crippen molar-refractivity contribution in [1.29, 1.82) is 0 Å². The Balaban J connectivity index is 2.30. The van der Waals surface area contributed by atoms with Gasteiger partial charge in [0, 0.05) is 13.1 Å². The van der Waals surface area contributed by atoms with Crippen molar-refractivity contribution in [3.63, 3.8) is 0 Å². The Morgan fingerprint density at radius 3 is 2.69 bits per heavy atom. The molecular formula is C12H16N2O2. The molecule has 1 fully saturated rings. The molecule has 0 aliphatic carbocycles. The van der Waals surface area contributed by atoms with Crippen LogP contribution in [-0.2, 0) is 4.79 Å². The van der Waals surface area contributed by atoms with E-state index in [0.29, 0.717) is 6.54 Å². The molecule has 0 saturated carbocycles. The van der Waals surface area contributed by atoms with Gasteiger partial charge in [-0.25, -0.2) is 0 Å². The second-order valence-electron chi connectivity index (χ2n) is 4.06. The second kappa shape index (κ2) is 4.63. The van der Waals surface area contributed by atoms with Gasteiger partial charge in [-0.15, -0.1) is 0 Å². The predicted molar refractivity (Wildman–Crippen MR) is 61.3 cm³/mol. The van der Waals surface area contributed by atoms with Crippen LogP contribution in [-0.4, -0.2) is 30.2 Å². The molecule has 3 N–H and O–H groups in total. The summed E-state index contributed by atoms with van der Waals surface area (Å²) >= 11 is 0. The molecular weight excluding hydrogens is 204 g/mol. The zero-order valence-corrected chi connectivity index (χ0v) is 9.23. The molecule has 1 aromatic carbocycles. The first-order valence-corrected chi connectivity index (χ1v) is 5.45. The fourth-order valence-corrected chi connectivity index (χ4v) is 2.15. The van der Waals surface area contributed by atoms with E-state index in [1.54, 1.807) is 0 Å². The molecule has 2 rings (SSSR count). The Hall–Kier alpha value is -1.39. The van der Waals surface area contributed by atoms with Gasteiger partial charge in [0.15, 0.2) is 0 Å². The molecule has 0 radical (unpaired) electrons. The standard InChI is InChI=1S/C12H16N2O2/c1-8-4-2-3-5-9(8)10-11(12(15)16)14-7-6-13-10/h2-5,10-11,13-14H,6-7H2,1H3,(H,15,16). The highest BCUT2D eigenvalue weighted by Gasteiger charge is 2.31. The number of hydrogen-bond donors (Lipinski definition) is 3. The monoisotopic (exact) mass is 220 g/mol. The number of carboxylic acid groups (broad SMARTS) is 1. The van der Waals surface area contributed by atoms with E-state index in [0.717, 1.165) is 17.7 Å². The second-order valence-corrected chi connectivity index (χ2v) is 4.06. The lowest BCUT2D eigenvalue weighted by Crippen LogP contribution is -2.54. The highest BCUT2D eigenvalue weighted by Crippen LogP contribution is 2.22. The number of nitrogens with one attached hydrogen (secondary N) is 2. The van der Waals surface area contributed by atoms with E-state index in [1.165, 1.54) is 0 Å². The van der Waals surface area contributed by atoms with Crippen LogP contribution in [0.25, 0.3) is 0 Å². The summed E-state index contributed by atoms with van der Waals surface area (Å²) in [5.41, 5.74) is 2.18. The Morgan fingerprint density at radius 1 is 1.31 bits per heavy atom. The maximum Gasteiger partial charge on any atom is 0.322 e. The Kier molecular flexibility index (Phi) is 3.22. The van der Waals surface area contributed by atoms with E-state index < -0.39 is 12.0 Å². The van der Waals surface area contributed by atoms with E-state index in [2.05, 4.69) is 10.6 Å². The number of piperazine rings is 1. The van der Waals surface area contributed by atoms with Crippen LogP contribution in [0.1, 0.15) is 17.2 Å². The number of carbonyl (C=O) groups is 1. The first kappa shape index (κ1) is 11.1. The van der Waals surface area contributed by atoms with Crippen LogP contribution in [0.2, 0.25) is 0 Å².